The molecule has 26 heavy (non-hydrogen) atoms. The number of fused-ring (bicyclic) bond motifs is 1. The third-order valence-electron chi connectivity index (χ3n) is 4.66. The molecular formula is C20H29N5O. The highest BCUT2D eigenvalue weighted by Crippen LogP contribution is 2.14. The summed E-state index contributed by atoms with van der Waals surface area (Å²) in [6.45, 7) is 7.47. The maximum absolute atomic E-state index is 12.0. The third-order valence-corrected chi connectivity index (χ3v) is 4.66. The first kappa shape index (κ1) is 18.5. The molecular weight excluding hydrogens is 326 g/mol. The fourth-order valence-corrected chi connectivity index (χ4v) is 3.38. The maximum Gasteiger partial charge on any atom is 0.315 e. The van der Waals surface area contributed by atoms with Crippen molar-refractivity contribution >= 4 is 6.03 Å². The van der Waals surface area contributed by atoms with Crippen LogP contribution in [0.15, 0.2) is 36.4 Å². The molecule has 3 rings (SSSR count). The normalized spacial score (nSPS) is 14.5. The average Bonchev–Trinajstić information content (AvgIpc) is 2.93. The van der Waals surface area contributed by atoms with Gasteiger partial charge in [-0.15, -0.1) is 0 Å². The van der Waals surface area contributed by atoms with Gasteiger partial charge in [-0.1, -0.05) is 37.3 Å². The molecule has 6 heteroatoms. The molecule has 2 N–H and O–H groups in total. The number of aromatic nitrogens is 2. The van der Waals surface area contributed by atoms with E-state index in [0.29, 0.717) is 13.1 Å². The Hall–Kier alpha value is -2.34. The lowest BCUT2D eigenvalue weighted by molar-refractivity contribution is 0.240. The Kier molecular flexibility index (Phi) is 6.66. The van der Waals surface area contributed by atoms with Gasteiger partial charge < -0.3 is 10.6 Å². The Morgan fingerprint density at radius 1 is 1.19 bits per heavy atom. The second-order valence-corrected chi connectivity index (χ2v) is 6.82. The van der Waals surface area contributed by atoms with Crippen LogP contribution < -0.4 is 10.6 Å². The molecule has 2 aromatic rings. The molecule has 0 bridgehead atoms. The lowest BCUT2D eigenvalue weighted by Crippen LogP contribution is -2.36. The van der Waals surface area contributed by atoms with E-state index >= 15 is 0 Å². The zero-order valence-corrected chi connectivity index (χ0v) is 15.6. The molecule has 0 fully saturated rings. The summed E-state index contributed by atoms with van der Waals surface area (Å²) in [5.74, 6) is 0. The Bertz CT molecular complexity index is 697. The average molecular weight is 355 g/mol. The standard InChI is InChI=1S/C20H29N5O/c1-2-11-24-12-6-13-25-19(16-24)14-18(23-25)15-22-20(26)21-10-9-17-7-4-3-5-8-17/h3-5,7-8,14H,2,6,9-13,15-16H2,1H3,(H2,21,22,26). The Balaban J connectivity index is 1.43. The van der Waals surface area contributed by atoms with E-state index in [1.807, 2.05) is 18.2 Å². The van der Waals surface area contributed by atoms with Gasteiger partial charge in [-0.2, -0.15) is 5.10 Å². The minimum Gasteiger partial charge on any atom is -0.338 e. The summed E-state index contributed by atoms with van der Waals surface area (Å²) < 4.78 is 2.10. The van der Waals surface area contributed by atoms with Gasteiger partial charge in [0.1, 0.15) is 0 Å². The van der Waals surface area contributed by atoms with Gasteiger partial charge in [0, 0.05) is 26.2 Å². The number of hydrogen-bond acceptors (Lipinski definition) is 3. The van der Waals surface area contributed by atoms with E-state index in [1.165, 1.54) is 17.7 Å². The summed E-state index contributed by atoms with van der Waals surface area (Å²) in [4.78, 5) is 14.5. The number of nitrogens with zero attached hydrogens (tertiary/aromatic N) is 3. The van der Waals surface area contributed by atoms with Gasteiger partial charge in [0.15, 0.2) is 0 Å². The fourth-order valence-electron chi connectivity index (χ4n) is 3.38. The molecule has 2 heterocycles. The van der Waals surface area contributed by atoms with Gasteiger partial charge in [0.2, 0.25) is 0 Å². The number of hydrogen-bond donors (Lipinski definition) is 2. The lowest BCUT2D eigenvalue weighted by atomic mass is 10.1. The number of rotatable bonds is 7. The molecule has 2 amide bonds. The van der Waals surface area contributed by atoms with Gasteiger partial charge in [0.25, 0.3) is 0 Å². The van der Waals surface area contributed by atoms with Crippen molar-refractivity contribution in [1.82, 2.24) is 25.3 Å². The first-order valence-corrected chi connectivity index (χ1v) is 9.58. The number of benzene rings is 1. The number of urea groups is 1. The minimum absolute atomic E-state index is 0.142. The molecule has 0 spiro atoms. The van der Waals surface area contributed by atoms with E-state index in [9.17, 15) is 4.79 Å². The molecule has 6 nitrogen and oxygen atoms in total. The highest BCUT2D eigenvalue weighted by Gasteiger charge is 2.16. The molecule has 1 aromatic heterocycles. The summed E-state index contributed by atoms with van der Waals surface area (Å²) in [5, 5.41) is 10.5. The number of amides is 2. The van der Waals surface area contributed by atoms with E-state index < -0.39 is 0 Å². The summed E-state index contributed by atoms with van der Waals surface area (Å²) >= 11 is 0. The number of aryl methyl sites for hydroxylation is 1. The Labute approximate surface area is 155 Å². The van der Waals surface area contributed by atoms with Crippen molar-refractivity contribution in [2.24, 2.45) is 0 Å². The second kappa shape index (κ2) is 9.38. The van der Waals surface area contributed by atoms with Gasteiger partial charge in [-0.25, -0.2) is 4.79 Å². The van der Waals surface area contributed by atoms with Crippen LogP contribution in [-0.4, -0.2) is 40.3 Å². The largest absolute Gasteiger partial charge is 0.338 e. The summed E-state index contributed by atoms with van der Waals surface area (Å²) in [5.41, 5.74) is 3.40. The molecule has 140 valence electrons. The Morgan fingerprint density at radius 2 is 2.04 bits per heavy atom. The van der Waals surface area contributed by atoms with Crippen molar-refractivity contribution in [3.8, 4) is 0 Å². The fraction of sp³-hybridized carbons (Fsp3) is 0.500. The zero-order valence-electron chi connectivity index (χ0n) is 15.6. The van der Waals surface area contributed by atoms with Crippen molar-refractivity contribution in [1.29, 1.82) is 0 Å². The van der Waals surface area contributed by atoms with Gasteiger partial charge >= 0.3 is 6.03 Å². The molecule has 1 aliphatic heterocycles. The van der Waals surface area contributed by atoms with Crippen LogP contribution in [0.4, 0.5) is 4.79 Å². The quantitative estimate of drug-likeness (QED) is 0.802. The molecule has 0 saturated heterocycles. The monoisotopic (exact) mass is 355 g/mol. The van der Waals surface area contributed by atoms with Crippen LogP contribution in [0.3, 0.4) is 0 Å². The lowest BCUT2D eigenvalue weighted by Gasteiger charge is -2.17. The van der Waals surface area contributed by atoms with Crippen LogP contribution in [0.1, 0.15) is 36.7 Å². The number of carbonyl (C=O) groups excluding carboxylic acids is 1. The number of nitrogens with one attached hydrogen (secondary N) is 2. The summed E-state index contributed by atoms with van der Waals surface area (Å²) in [6.07, 6.45) is 3.13. The van der Waals surface area contributed by atoms with Crippen molar-refractivity contribution in [3.63, 3.8) is 0 Å². The van der Waals surface area contributed by atoms with Crippen molar-refractivity contribution in [2.75, 3.05) is 19.6 Å². The third kappa shape index (κ3) is 5.33. The van der Waals surface area contributed by atoms with Crippen molar-refractivity contribution in [3.05, 3.63) is 53.3 Å². The number of carbonyl (C=O) groups is 1. The highest BCUT2D eigenvalue weighted by molar-refractivity contribution is 5.73. The van der Waals surface area contributed by atoms with Crippen molar-refractivity contribution < 1.29 is 4.79 Å². The van der Waals surface area contributed by atoms with Crippen LogP contribution in [0.2, 0.25) is 0 Å². The molecule has 1 aromatic carbocycles. The van der Waals surface area contributed by atoms with Crippen LogP contribution in [-0.2, 0) is 26.1 Å². The second-order valence-electron chi connectivity index (χ2n) is 6.82. The molecule has 0 unspecified atom stereocenters. The van der Waals surface area contributed by atoms with E-state index in [1.54, 1.807) is 0 Å². The van der Waals surface area contributed by atoms with Gasteiger partial charge in [-0.3, -0.25) is 9.58 Å². The van der Waals surface area contributed by atoms with Crippen LogP contribution in [0, 0.1) is 0 Å². The van der Waals surface area contributed by atoms with E-state index in [-0.39, 0.29) is 6.03 Å². The smallest absolute Gasteiger partial charge is 0.315 e. The zero-order chi connectivity index (χ0) is 18.2. The Morgan fingerprint density at radius 3 is 2.85 bits per heavy atom. The molecule has 0 atom stereocenters. The maximum atomic E-state index is 12.0. The first-order valence-electron chi connectivity index (χ1n) is 9.58. The van der Waals surface area contributed by atoms with Crippen LogP contribution in [0.5, 0.6) is 0 Å². The topological polar surface area (TPSA) is 62.2 Å². The SMILES string of the molecule is CCCN1CCCn2nc(CNC(=O)NCCc3ccccc3)cc2C1. The van der Waals surface area contributed by atoms with E-state index in [0.717, 1.165) is 44.7 Å². The molecule has 1 aliphatic rings. The van der Waals surface area contributed by atoms with Crippen LogP contribution >= 0.6 is 0 Å². The summed E-state index contributed by atoms with van der Waals surface area (Å²) in [6, 6.07) is 12.1. The summed E-state index contributed by atoms with van der Waals surface area (Å²) in [7, 11) is 0. The van der Waals surface area contributed by atoms with Crippen molar-refractivity contribution in [2.45, 2.75) is 45.8 Å². The predicted molar refractivity (Wildman–Crippen MR) is 103 cm³/mol. The van der Waals surface area contributed by atoms with E-state index in [4.69, 9.17) is 0 Å². The first-order chi connectivity index (χ1) is 12.7. The minimum atomic E-state index is -0.142. The predicted octanol–water partition coefficient (Wildman–Crippen LogP) is 2.54. The highest BCUT2D eigenvalue weighted by atomic mass is 16.2. The molecule has 0 saturated carbocycles. The van der Waals surface area contributed by atoms with Gasteiger partial charge in [0.05, 0.1) is 17.9 Å². The molecule has 0 aliphatic carbocycles. The van der Waals surface area contributed by atoms with Gasteiger partial charge in [-0.05, 0) is 37.4 Å². The molecule has 0 radical (unpaired) electrons. The van der Waals surface area contributed by atoms with E-state index in [2.05, 4.69) is 50.4 Å². The van der Waals surface area contributed by atoms with Crippen LogP contribution in [0.25, 0.3) is 0 Å².